The zero-order valence-corrected chi connectivity index (χ0v) is 20.3. The molecule has 0 spiro atoms. The van der Waals surface area contributed by atoms with Crippen LogP contribution in [-0.4, -0.2) is 64.1 Å². The lowest BCUT2D eigenvalue weighted by Crippen LogP contribution is -2.52. The second-order valence-corrected chi connectivity index (χ2v) is 10.9. The van der Waals surface area contributed by atoms with E-state index in [2.05, 4.69) is 21.3 Å². The second kappa shape index (κ2) is 12.3. The summed E-state index contributed by atoms with van der Waals surface area (Å²) < 4.78 is 0. The maximum Gasteiger partial charge on any atom is 0.326 e. The van der Waals surface area contributed by atoms with E-state index < -0.39 is 24.0 Å². The Balaban J connectivity index is 1.78. The van der Waals surface area contributed by atoms with Crippen LogP contribution in [0.4, 0.5) is 4.79 Å². The van der Waals surface area contributed by atoms with Crippen molar-refractivity contribution in [2.45, 2.75) is 95.6 Å². The maximum absolute atomic E-state index is 12.7. The Hall–Kier alpha value is -1.97. The smallest absolute Gasteiger partial charge is 0.326 e. The molecule has 5 N–H and O–H groups in total. The lowest BCUT2D eigenvalue weighted by molar-refractivity contribution is -0.142. The van der Waals surface area contributed by atoms with Crippen LogP contribution in [0.5, 0.6) is 0 Å². The van der Waals surface area contributed by atoms with Gasteiger partial charge in [-0.3, -0.25) is 9.59 Å². The highest BCUT2D eigenvalue weighted by Crippen LogP contribution is 2.33. The molecule has 2 saturated heterocycles. The molecule has 9 nitrogen and oxygen atoms in total. The highest BCUT2D eigenvalue weighted by molar-refractivity contribution is 8.00. The largest absolute Gasteiger partial charge is 0.480 e. The van der Waals surface area contributed by atoms with Gasteiger partial charge in [-0.1, -0.05) is 34.1 Å². The molecule has 10 heteroatoms. The zero-order valence-electron chi connectivity index (χ0n) is 19.5. The minimum absolute atomic E-state index is 0.0994. The Morgan fingerprint density at radius 1 is 1.03 bits per heavy atom. The number of carboxylic acid groups (broad SMARTS) is 1. The van der Waals surface area contributed by atoms with Crippen molar-refractivity contribution in [3.63, 3.8) is 0 Å². The predicted octanol–water partition coefficient (Wildman–Crippen LogP) is 1.86. The summed E-state index contributed by atoms with van der Waals surface area (Å²) in [5.74, 6) is -0.512. The third kappa shape index (κ3) is 8.18. The molecule has 32 heavy (non-hydrogen) atoms. The SMILES string of the molecule is CC(C)C[C@H](NC(=O)[C@H](CC(C)C)NC(=O)CCCC[C@@H]1SC[C@@H]2NC(=O)N[C@@H]21)C(=O)O. The molecule has 2 heterocycles. The van der Waals surface area contributed by atoms with Gasteiger partial charge in [0.15, 0.2) is 0 Å². The van der Waals surface area contributed by atoms with Crippen molar-refractivity contribution < 1.29 is 24.3 Å². The van der Waals surface area contributed by atoms with Gasteiger partial charge in [0.05, 0.1) is 12.1 Å². The van der Waals surface area contributed by atoms with Crippen LogP contribution in [-0.2, 0) is 14.4 Å². The molecule has 4 amide bonds. The van der Waals surface area contributed by atoms with Crippen LogP contribution in [0.3, 0.4) is 0 Å². The molecule has 0 radical (unpaired) electrons. The summed E-state index contributed by atoms with van der Waals surface area (Å²) in [6, 6.07) is -1.46. The fourth-order valence-electron chi connectivity index (χ4n) is 4.21. The summed E-state index contributed by atoms with van der Waals surface area (Å²) in [7, 11) is 0. The molecular weight excluding hydrogens is 432 g/mol. The van der Waals surface area contributed by atoms with Crippen molar-refractivity contribution in [2.24, 2.45) is 11.8 Å². The third-order valence-electron chi connectivity index (χ3n) is 5.76. The molecular formula is C22H38N4O5S. The van der Waals surface area contributed by atoms with E-state index in [1.54, 1.807) is 0 Å². The van der Waals surface area contributed by atoms with Gasteiger partial charge in [0, 0.05) is 17.4 Å². The fourth-order valence-corrected chi connectivity index (χ4v) is 5.75. The Kier molecular flexibility index (Phi) is 10.1. The molecule has 182 valence electrons. The Morgan fingerprint density at radius 3 is 2.31 bits per heavy atom. The number of carbonyl (C=O) groups is 4. The minimum atomic E-state index is -1.07. The van der Waals surface area contributed by atoms with Crippen LogP contribution in [0.1, 0.15) is 66.2 Å². The van der Waals surface area contributed by atoms with Crippen LogP contribution in [0.15, 0.2) is 0 Å². The molecule has 0 saturated carbocycles. The molecule has 0 aromatic heterocycles. The van der Waals surface area contributed by atoms with Gasteiger partial charge in [0.1, 0.15) is 12.1 Å². The highest BCUT2D eigenvalue weighted by atomic mass is 32.2. The van der Waals surface area contributed by atoms with Gasteiger partial charge in [0.2, 0.25) is 11.8 Å². The summed E-state index contributed by atoms with van der Waals surface area (Å²) >= 11 is 1.85. The number of rotatable bonds is 13. The van der Waals surface area contributed by atoms with Crippen LogP contribution < -0.4 is 21.3 Å². The topological polar surface area (TPSA) is 137 Å². The number of unbranched alkanes of at least 4 members (excludes halogenated alkanes) is 1. The fraction of sp³-hybridized carbons (Fsp3) is 0.818. The number of carboxylic acids is 1. The number of hydrogen-bond acceptors (Lipinski definition) is 5. The molecule has 0 aromatic rings. The first-order chi connectivity index (χ1) is 15.1. The molecule has 2 aliphatic rings. The number of thioether (sulfide) groups is 1. The van der Waals surface area contributed by atoms with Gasteiger partial charge >= 0.3 is 12.0 Å². The lowest BCUT2D eigenvalue weighted by Gasteiger charge is -2.23. The first-order valence-electron chi connectivity index (χ1n) is 11.6. The third-order valence-corrected chi connectivity index (χ3v) is 7.27. The second-order valence-electron chi connectivity index (χ2n) is 9.65. The minimum Gasteiger partial charge on any atom is -0.480 e. The predicted molar refractivity (Wildman–Crippen MR) is 124 cm³/mol. The van der Waals surface area contributed by atoms with Crippen molar-refractivity contribution in [3.8, 4) is 0 Å². The number of hydrogen-bond donors (Lipinski definition) is 5. The number of amides is 4. The summed E-state index contributed by atoms with van der Waals surface area (Å²) in [4.78, 5) is 48.1. The Labute approximate surface area is 194 Å². The molecule has 0 unspecified atom stereocenters. The molecule has 5 atom stereocenters. The lowest BCUT2D eigenvalue weighted by atomic mass is 10.00. The first-order valence-corrected chi connectivity index (χ1v) is 12.6. The van der Waals surface area contributed by atoms with Crippen molar-refractivity contribution in [3.05, 3.63) is 0 Å². The molecule has 0 bridgehead atoms. The molecule has 2 rings (SSSR count). The van der Waals surface area contributed by atoms with E-state index in [9.17, 15) is 24.3 Å². The van der Waals surface area contributed by atoms with Crippen LogP contribution in [0.25, 0.3) is 0 Å². The number of nitrogens with one attached hydrogen (secondary N) is 4. The summed E-state index contributed by atoms with van der Waals surface area (Å²) in [6.07, 6.45) is 3.57. The van der Waals surface area contributed by atoms with Crippen LogP contribution >= 0.6 is 11.8 Å². The zero-order chi connectivity index (χ0) is 23.8. The van der Waals surface area contributed by atoms with Crippen molar-refractivity contribution in [2.75, 3.05) is 5.75 Å². The van der Waals surface area contributed by atoms with Gasteiger partial charge in [-0.2, -0.15) is 11.8 Å². The Morgan fingerprint density at radius 2 is 1.69 bits per heavy atom. The summed E-state index contributed by atoms with van der Waals surface area (Å²) in [6.45, 7) is 7.71. The van der Waals surface area contributed by atoms with Gasteiger partial charge < -0.3 is 26.4 Å². The number of aliphatic carboxylic acids is 1. The van der Waals surface area contributed by atoms with Crippen LogP contribution in [0, 0.1) is 11.8 Å². The highest BCUT2D eigenvalue weighted by Gasteiger charge is 2.42. The quantitative estimate of drug-likeness (QED) is 0.206. The monoisotopic (exact) mass is 470 g/mol. The van der Waals surface area contributed by atoms with E-state index in [0.29, 0.717) is 30.9 Å². The number of fused-ring (bicyclic) bond motifs is 1. The Bertz CT molecular complexity index is 687. The van der Waals surface area contributed by atoms with E-state index in [4.69, 9.17) is 0 Å². The maximum atomic E-state index is 12.7. The van der Waals surface area contributed by atoms with Crippen LogP contribution in [0.2, 0.25) is 0 Å². The molecule has 2 aliphatic heterocycles. The molecule has 0 aromatic carbocycles. The van der Waals surface area contributed by atoms with Gasteiger partial charge in [-0.25, -0.2) is 9.59 Å². The average molecular weight is 471 g/mol. The van der Waals surface area contributed by atoms with Gasteiger partial charge in [-0.15, -0.1) is 0 Å². The van der Waals surface area contributed by atoms with E-state index in [1.807, 2.05) is 39.5 Å². The van der Waals surface area contributed by atoms with Gasteiger partial charge in [-0.05, 0) is 37.5 Å². The first kappa shape index (κ1) is 26.3. The average Bonchev–Trinajstić information content (AvgIpc) is 3.22. The van der Waals surface area contributed by atoms with E-state index in [0.717, 1.165) is 18.6 Å². The standard InChI is InChI=1S/C22H38N4O5S/c1-12(2)9-14(20(28)24-15(21(29)30)10-13(3)4)23-18(27)8-6-5-7-17-19-16(11-32-17)25-22(31)26-19/h12-17,19H,5-11H2,1-4H3,(H,23,27)(H,24,28)(H,29,30)(H2,25,26,31)/t14-,15-,16-,17-,19-/m0/s1. The van der Waals surface area contributed by atoms with Crippen molar-refractivity contribution >= 4 is 35.6 Å². The number of urea groups is 1. The molecule has 2 fully saturated rings. The van der Waals surface area contributed by atoms with E-state index in [1.165, 1.54) is 0 Å². The van der Waals surface area contributed by atoms with Gasteiger partial charge in [0.25, 0.3) is 0 Å². The van der Waals surface area contributed by atoms with Crippen molar-refractivity contribution in [1.82, 2.24) is 21.3 Å². The van der Waals surface area contributed by atoms with E-state index >= 15 is 0 Å². The summed E-state index contributed by atoms with van der Waals surface area (Å²) in [5.41, 5.74) is 0. The van der Waals surface area contributed by atoms with E-state index in [-0.39, 0.29) is 35.9 Å². The summed E-state index contributed by atoms with van der Waals surface area (Å²) in [5, 5.41) is 21.0. The van der Waals surface area contributed by atoms with Crippen molar-refractivity contribution in [1.29, 1.82) is 0 Å². The number of carbonyl (C=O) groups excluding carboxylic acids is 3. The normalized spacial score (nSPS) is 23.9. The molecule has 0 aliphatic carbocycles.